The van der Waals surface area contributed by atoms with Gasteiger partial charge >= 0.3 is 5.82 Å². The third-order valence-corrected chi connectivity index (χ3v) is 6.88. The quantitative estimate of drug-likeness (QED) is 0.0944. The summed E-state index contributed by atoms with van der Waals surface area (Å²) in [6, 6.07) is 4.49. The Hall–Kier alpha value is -4.70. The molecule has 3 aromatic rings. The van der Waals surface area contributed by atoms with Gasteiger partial charge < -0.3 is 40.8 Å². The summed E-state index contributed by atoms with van der Waals surface area (Å²) < 4.78 is 15.8. The fraction of sp³-hybridized carbons (Fsp3) is 0.269. The zero-order valence-corrected chi connectivity index (χ0v) is 24.3. The number of carbonyl (C=O) groups is 2. The van der Waals surface area contributed by atoms with Crippen LogP contribution >= 0.6 is 15.9 Å². The van der Waals surface area contributed by atoms with Gasteiger partial charge in [0.15, 0.2) is 5.69 Å². The molecule has 0 saturated heterocycles. The van der Waals surface area contributed by atoms with Gasteiger partial charge in [-0.1, -0.05) is 0 Å². The normalized spacial score (nSPS) is 14.3. The van der Waals surface area contributed by atoms with Crippen molar-refractivity contribution in [2.45, 2.75) is 25.7 Å². The van der Waals surface area contributed by atoms with Crippen LogP contribution in [0.3, 0.4) is 0 Å². The first-order valence-electron chi connectivity index (χ1n) is 12.7. The zero-order valence-electron chi connectivity index (χ0n) is 22.8. The number of rotatable bonds is 12. The predicted octanol–water partition coefficient (Wildman–Crippen LogP) is 0.499. The van der Waals surface area contributed by atoms with E-state index in [1.54, 1.807) is 35.1 Å². The van der Waals surface area contributed by atoms with Crippen LogP contribution in [-0.4, -0.2) is 67.5 Å². The largest absolute Gasteiger partial charge is 0.390 e. The van der Waals surface area contributed by atoms with Crippen molar-refractivity contribution in [2.75, 3.05) is 26.0 Å². The van der Waals surface area contributed by atoms with Crippen molar-refractivity contribution in [1.29, 1.82) is 0 Å². The molecule has 16 heteroatoms. The molecule has 0 radical (unpaired) electrons. The molecule has 1 aliphatic heterocycles. The van der Waals surface area contributed by atoms with E-state index in [9.17, 15) is 24.1 Å². The van der Waals surface area contributed by atoms with Crippen LogP contribution in [0.25, 0.3) is 12.3 Å². The molecule has 1 atom stereocenters. The number of benzene rings is 1. The monoisotopic (exact) mass is 643 g/mol. The van der Waals surface area contributed by atoms with Gasteiger partial charge in [0.25, 0.3) is 0 Å². The van der Waals surface area contributed by atoms with E-state index in [1.807, 2.05) is 14.1 Å². The van der Waals surface area contributed by atoms with E-state index >= 15 is 0 Å². The first-order valence-corrected chi connectivity index (χ1v) is 13.5. The molecular weight excluding hydrogens is 615 g/mol. The van der Waals surface area contributed by atoms with E-state index < -0.39 is 17.0 Å². The van der Waals surface area contributed by atoms with E-state index in [2.05, 4.69) is 46.8 Å². The molecule has 2 amide bonds. The third kappa shape index (κ3) is 7.73. The Morgan fingerprint density at radius 1 is 1.31 bits per heavy atom. The Morgan fingerprint density at radius 3 is 2.81 bits per heavy atom. The molecule has 0 bridgehead atoms. The maximum absolute atomic E-state index is 13.6. The number of hydrogen-bond acceptors (Lipinski definition) is 9. The van der Waals surface area contributed by atoms with Crippen molar-refractivity contribution in [3.8, 4) is 0 Å². The van der Waals surface area contributed by atoms with E-state index in [0.717, 1.165) is 0 Å². The van der Waals surface area contributed by atoms with Crippen LogP contribution in [0.4, 0.5) is 21.7 Å². The molecule has 0 spiro atoms. The number of nitrogens with one attached hydrogen (secondary N) is 3. The molecule has 1 aromatic carbocycles. The smallest absolute Gasteiger partial charge is 0.370 e. The number of aryl methyl sites for hydroxylation is 1. The minimum absolute atomic E-state index is 0.0237. The van der Waals surface area contributed by atoms with Crippen LogP contribution in [0.5, 0.6) is 0 Å². The van der Waals surface area contributed by atoms with Crippen molar-refractivity contribution in [1.82, 2.24) is 30.2 Å². The number of nitro groups is 1. The molecule has 1 unspecified atom stereocenters. The molecule has 3 heterocycles. The molecule has 2 aromatic heterocycles. The lowest BCUT2D eigenvalue weighted by molar-refractivity contribution is -0.898. The molecule has 4 rings (SSSR count). The minimum Gasteiger partial charge on any atom is -0.370 e. The summed E-state index contributed by atoms with van der Waals surface area (Å²) >= 11 is 3.17. The van der Waals surface area contributed by atoms with Gasteiger partial charge in [0, 0.05) is 36.1 Å². The first kappa shape index (κ1) is 30.3. The van der Waals surface area contributed by atoms with Crippen molar-refractivity contribution in [3.05, 3.63) is 79.7 Å². The van der Waals surface area contributed by atoms with Crippen LogP contribution in [0.1, 0.15) is 12.1 Å². The number of aromatic nitrogens is 4. The zero-order chi connectivity index (χ0) is 30.4. The van der Waals surface area contributed by atoms with Crippen LogP contribution in [0, 0.1) is 15.9 Å². The molecule has 220 valence electrons. The fourth-order valence-corrected chi connectivity index (χ4v) is 4.60. The second-order valence-corrected chi connectivity index (χ2v) is 11.0. The number of likely N-dealkylation sites (N-methyl/N-ethyl adjacent to an activating group) is 1. The molecule has 1 aliphatic rings. The predicted molar refractivity (Wildman–Crippen MR) is 155 cm³/mol. The number of halogens is 2. The number of primary amides is 1. The van der Waals surface area contributed by atoms with Gasteiger partial charge in [0.1, 0.15) is 30.7 Å². The maximum Gasteiger partial charge on any atom is 0.390 e. The van der Waals surface area contributed by atoms with Crippen molar-refractivity contribution < 1.29 is 23.4 Å². The molecule has 0 saturated carbocycles. The highest BCUT2D eigenvalue weighted by Gasteiger charge is 2.28. The number of nitrogens with zero attached hydrogens (tertiary/aromatic N) is 6. The summed E-state index contributed by atoms with van der Waals surface area (Å²) in [6.07, 6.45) is 8.66. The molecule has 5 N–H and O–H groups in total. The highest BCUT2D eigenvalue weighted by molar-refractivity contribution is 9.10. The summed E-state index contributed by atoms with van der Waals surface area (Å²) in [7, 11) is 3.71. The number of quaternary nitrogens is 1. The van der Waals surface area contributed by atoms with Crippen LogP contribution in [0.15, 0.2) is 47.5 Å². The van der Waals surface area contributed by atoms with Crippen LogP contribution in [0.2, 0.25) is 0 Å². The van der Waals surface area contributed by atoms with Gasteiger partial charge in [-0.25, -0.2) is 14.4 Å². The summed E-state index contributed by atoms with van der Waals surface area (Å²) in [4.78, 5) is 47.3. The molecular formula is C26H29BrFN10O4+. The standard InChI is InChI=1S/C26H28BrFN10O4/c1-38(2,13-21-26(37(41)42)33-15-36(21)8-7-22(29)39)9-3-4-24(40)35-23-11-17-20(12-30-23)31-14-32-25(17)34-16-5-6-19(28)18(27)10-16/h3-6,10-12,14-15,23,30H,7-9,13H2,1-2H3,(H3-,29,31,32,34,35,39,40)/p+1/b4-3+. The van der Waals surface area contributed by atoms with Gasteiger partial charge in [-0.2, -0.15) is 0 Å². The Kier molecular flexibility index (Phi) is 9.27. The topological polar surface area (TPSA) is 183 Å². The maximum atomic E-state index is 13.6. The van der Waals surface area contributed by atoms with E-state index in [-0.39, 0.29) is 41.5 Å². The number of carbonyl (C=O) groups excluding carboxylic acids is 2. The number of nitrogens with two attached hydrogens (primary N) is 1. The highest BCUT2D eigenvalue weighted by Crippen LogP contribution is 2.22. The van der Waals surface area contributed by atoms with E-state index in [1.165, 1.54) is 24.8 Å². The lowest BCUT2D eigenvalue weighted by atomic mass is 10.2. The second kappa shape index (κ2) is 12.9. The van der Waals surface area contributed by atoms with E-state index in [4.69, 9.17) is 5.73 Å². The number of amides is 2. The minimum atomic E-state index is -0.564. The van der Waals surface area contributed by atoms with Crippen LogP contribution in [-0.2, 0) is 22.7 Å². The summed E-state index contributed by atoms with van der Waals surface area (Å²) in [6.45, 7) is 0.779. The van der Waals surface area contributed by atoms with Crippen molar-refractivity contribution >= 4 is 57.3 Å². The molecule has 42 heavy (non-hydrogen) atoms. The lowest BCUT2D eigenvalue weighted by Gasteiger charge is -2.28. The van der Waals surface area contributed by atoms with Gasteiger partial charge in [-0.05, 0) is 56.2 Å². The first-order chi connectivity index (χ1) is 19.9. The van der Waals surface area contributed by atoms with Gasteiger partial charge in [-0.15, -0.1) is 0 Å². The third-order valence-electron chi connectivity index (χ3n) is 6.27. The molecule has 0 aliphatic carbocycles. The van der Waals surface area contributed by atoms with Crippen LogP contribution < -0.4 is 32.3 Å². The number of anilines is 2. The average Bonchev–Trinajstić information content (AvgIpc) is 3.31. The number of imidazole rings is 1. The molecule has 0 fully saturated rings. The average molecular weight is 644 g/mol. The SMILES string of the molecule is C[N+](C)(C/C=C/C(=O)NC1C=c2c(Nc3ccc(F)c(Br)c3)ncnc2=CN1)Cc1c([N+](=O)[O-])ncn1CCC(N)=O. The van der Waals surface area contributed by atoms with Crippen molar-refractivity contribution in [2.24, 2.45) is 5.73 Å². The van der Waals surface area contributed by atoms with Crippen molar-refractivity contribution in [3.63, 3.8) is 0 Å². The fourth-order valence-electron chi connectivity index (χ4n) is 4.22. The Bertz CT molecular complexity index is 1670. The van der Waals surface area contributed by atoms with Gasteiger partial charge in [-0.3, -0.25) is 9.59 Å². The summed E-state index contributed by atoms with van der Waals surface area (Å²) in [5.74, 6) is -1.08. The van der Waals surface area contributed by atoms with Gasteiger partial charge in [0.2, 0.25) is 18.1 Å². The Labute approximate surface area is 247 Å². The second-order valence-electron chi connectivity index (χ2n) is 10.1. The Morgan fingerprint density at radius 2 is 2.10 bits per heavy atom. The number of hydrogen-bond donors (Lipinski definition) is 4. The number of fused-ring (bicyclic) bond motifs is 1. The Balaban J connectivity index is 1.41. The van der Waals surface area contributed by atoms with E-state index in [0.29, 0.717) is 38.8 Å². The highest BCUT2D eigenvalue weighted by atomic mass is 79.9. The summed E-state index contributed by atoms with van der Waals surface area (Å²) in [5.41, 5.74) is 6.20. The van der Waals surface area contributed by atoms with Gasteiger partial charge in [0.05, 0.1) is 30.5 Å². The summed E-state index contributed by atoms with van der Waals surface area (Å²) in [5, 5.41) is 21.8. The molecule has 14 nitrogen and oxygen atoms in total. The lowest BCUT2D eigenvalue weighted by Crippen LogP contribution is -2.49.